The first-order chi connectivity index (χ1) is 16.2. The fraction of sp³-hybridized carbons (Fsp3) is 0.385. The summed E-state index contributed by atoms with van der Waals surface area (Å²) in [6, 6.07) is 13.5. The highest BCUT2D eigenvalue weighted by molar-refractivity contribution is 6.10. The fourth-order valence-electron chi connectivity index (χ4n) is 4.06. The molecule has 0 aromatic heterocycles. The summed E-state index contributed by atoms with van der Waals surface area (Å²) < 4.78 is 0. The summed E-state index contributed by atoms with van der Waals surface area (Å²) in [6.07, 6.45) is 1.96. The molecule has 0 bridgehead atoms. The van der Waals surface area contributed by atoms with Gasteiger partial charge in [0.2, 0.25) is 5.91 Å². The molecule has 1 aliphatic rings. The van der Waals surface area contributed by atoms with Gasteiger partial charge in [-0.25, -0.2) is 4.79 Å². The van der Waals surface area contributed by atoms with Crippen LogP contribution >= 0.6 is 0 Å². The van der Waals surface area contributed by atoms with Crippen LogP contribution in [-0.4, -0.2) is 53.2 Å². The smallest absolute Gasteiger partial charge is 0.325 e. The van der Waals surface area contributed by atoms with Crippen LogP contribution in [0.3, 0.4) is 0 Å². The van der Waals surface area contributed by atoms with E-state index < -0.39 is 29.9 Å². The lowest BCUT2D eigenvalue weighted by molar-refractivity contribution is -0.133. The van der Waals surface area contributed by atoms with Crippen LogP contribution in [0.2, 0.25) is 0 Å². The van der Waals surface area contributed by atoms with Crippen LogP contribution in [0.5, 0.6) is 0 Å². The van der Waals surface area contributed by atoms with Gasteiger partial charge in [0, 0.05) is 24.3 Å². The van der Waals surface area contributed by atoms with Crippen LogP contribution in [-0.2, 0) is 21.5 Å². The van der Waals surface area contributed by atoms with E-state index in [1.165, 1.54) is 0 Å². The Hall–Kier alpha value is -3.68. The largest absolute Gasteiger partial charge is 0.339 e. The number of amides is 5. The average Bonchev–Trinajstić information content (AvgIpc) is 3.04. The third kappa shape index (κ3) is 5.11. The number of anilines is 1. The molecule has 2 aromatic carbocycles. The van der Waals surface area contributed by atoms with E-state index in [2.05, 4.69) is 17.6 Å². The van der Waals surface area contributed by atoms with E-state index in [0.717, 1.165) is 23.3 Å². The molecule has 0 saturated carbocycles. The third-order valence-electron chi connectivity index (χ3n) is 6.11. The molecule has 1 atom stereocenters. The maximum atomic E-state index is 13.1. The van der Waals surface area contributed by atoms with Crippen LogP contribution in [0.15, 0.2) is 48.5 Å². The molecule has 1 aliphatic heterocycles. The lowest BCUT2D eigenvalue weighted by atomic mass is 9.91. The number of rotatable bonds is 9. The van der Waals surface area contributed by atoms with Crippen molar-refractivity contribution < 1.29 is 19.2 Å². The summed E-state index contributed by atoms with van der Waals surface area (Å²) in [5.41, 5.74) is 1.60. The van der Waals surface area contributed by atoms with Gasteiger partial charge in [-0.3, -0.25) is 19.3 Å². The number of hydrogen-bond acceptors (Lipinski definition) is 4. The van der Waals surface area contributed by atoms with Crippen molar-refractivity contribution in [3.63, 3.8) is 0 Å². The molecule has 0 radical (unpaired) electrons. The van der Waals surface area contributed by atoms with Gasteiger partial charge < -0.3 is 15.5 Å². The molecule has 0 unspecified atom stereocenters. The summed E-state index contributed by atoms with van der Waals surface area (Å²) >= 11 is 0. The van der Waals surface area contributed by atoms with Crippen LogP contribution in [0.4, 0.5) is 10.5 Å². The molecule has 8 nitrogen and oxygen atoms in total. The van der Waals surface area contributed by atoms with Crippen LogP contribution in [0, 0.1) is 0 Å². The van der Waals surface area contributed by atoms with Crippen molar-refractivity contribution >= 4 is 29.4 Å². The topological polar surface area (TPSA) is 98.8 Å². The Kier molecular flexibility index (Phi) is 7.71. The predicted octanol–water partition coefficient (Wildman–Crippen LogP) is 3.53. The second-order valence-corrected chi connectivity index (χ2v) is 8.50. The molecule has 0 spiro atoms. The molecule has 0 aliphatic carbocycles. The average molecular weight is 465 g/mol. The highest BCUT2D eigenvalue weighted by Crippen LogP contribution is 2.29. The molecule has 2 N–H and O–H groups in total. The van der Waals surface area contributed by atoms with E-state index in [9.17, 15) is 19.2 Å². The number of nitrogens with one attached hydrogen (secondary N) is 2. The minimum atomic E-state index is -1.23. The van der Waals surface area contributed by atoms with Gasteiger partial charge in [0.15, 0.2) is 0 Å². The summed E-state index contributed by atoms with van der Waals surface area (Å²) in [5, 5.41) is 5.41. The SMILES string of the molecule is CCCc1ccc([C@@]2(C)NC(=O)N(CC(=O)Nc3ccc(C(=O)N(CC)CC)cc3)C2=O)cc1. The van der Waals surface area contributed by atoms with Crippen molar-refractivity contribution in [2.24, 2.45) is 0 Å². The second kappa shape index (κ2) is 10.5. The standard InChI is InChI=1S/C26H32N4O4/c1-5-8-18-9-13-20(14-10-18)26(4)24(33)30(25(34)28-26)17-22(31)27-21-15-11-19(12-16-21)23(32)29(6-2)7-3/h9-16H,5-8,17H2,1-4H3,(H,27,31)(H,28,34)/t26-/m1/s1. The Balaban J connectivity index is 1.65. The minimum absolute atomic E-state index is 0.0794. The monoisotopic (exact) mass is 464 g/mol. The van der Waals surface area contributed by atoms with E-state index in [4.69, 9.17) is 0 Å². The number of aryl methyl sites for hydroxylation is 1. The van der Waals surface area contributed by atoms with Crippen molar-refractivity contribution in [1.82, 2.24) is 15.1 Å². The maximum absolute atomic E-state index is 13.1. The first-order valence-corrected chi connectivity index (χ1v) is 11.7. The highest BCUT2D eigenvalue weighted by Gasteiger charge is 2.49. The van der Waals surface area contributed by atoms with Crippen molar-refractivity contribution in [3.05, 3.63) is 65.2 Å². The van der Waals surface area contributed by atoms with Gasteiger partial charge in [0.05, 0.1) is 0 Å². The van der Waals surface area contributed by atoms with E-state index in [-0.39, 0.29) is 5.91 Å². The Morgan fingerprint density at radius 2 is 1.59 bits per heavy atom. The van der Waals surface area contributed by atoms with E-state index in [0.29, 0.717) is 29.9 Å². The number of urea groups is 1. The van der Waals surface area contributed by atoms with Gasteiger partial charge in [-0.05, 0) is 62.6 Å². The lowest BCUT2D eigenvalue weighted by Gasteiger charge is -2.22. The normalized spacial score (nSPS) is 17.5. The van der Waals surface area contributed by atoms with Crippen LogP contribution < -0.4 is 10.6 Å². The Morgan fingerprint density at radius 3 is 2.15 bits per heavy atom. The molecule has 8 heteroatoms. The van der Waals surface area contributed by atoms with Crippen LogP contribution in [0.25, 0.3) is 0 Å². The van der Waals surface area contributed by atoms with Gasteiger partial charge in [0.25, 0.3) is 11.8 Å². The highest BCUT2D eigenvalue weighted by atomic mass is 16.2. The zero-order chi connectivity index (χ0) is 24.9. The Labute approximate surface area is 200 Å². The second-order valence-electron chi connectivity index (χ2n) is 8.50. The van der Waals surface area contributed by atoms with Crippen LogP contribution in [0.1, 0.15) is 55.6 Å². The Bertz CT molecular complexity index is 1060. The molecule has 1 heterocycles. The quantitative estimate of drug-likeness (QED) is 0.555. The molecule has 5 amide bonds. The van der Waals surface area contributed by atoms with Crippen molar-refractivity contribution in [3.8, 4) is 0 Å². The molecule has 34 heavy (non-hydrogen) atoms. The zero-order valence-electron chi connectivity index (χ0n) is 20.2. The molecular weight excluding hydrogens is 432 g/mol. The predicted molar refractivity (Wildman–Crippen MR) is 130 cm³/mol. The number of nitrogens with zero attached hydrogens (tertiary/aromatic N) is 2. The number of carbonyl (C=O) groups excluding carboxylic acids is 4. The van der Waals surface area contributed by atoms with Crippen molar-refractivity contribution in [2.45, 2.75) is 46.1 Å². The third-order valence-corrected chi connectivity index (χ3v) is 6.11. The summed E-state index contributed by atoms with van der Waals surface area (Å²) in [6.45, 7) is 8.39. The first kappa shape index (κ1) is 25.0. The molecule has 1 fully saturated rings. The lowest BCUT2D eigenvalue weighted by Crippen LogP contribution is -2.42. The maximum Gasteiger partial charge on any atom is 0.325 e. The van der Waals surface area contributed by atoms with E-state index in [1.54, 1.807) is 36.1 Å². The van der Waals surface area contributed by atoms with Gasteiger partial charge in [-0.1, -0.05) is 37.6 Å². The molecule has 3 rings (SSSR count). The van der Waals surface area contributed by atoms with E-state index in [1.807, 2.05) is 38.1 Å². The molecule has 1 saturated heterocycles. The number of benzene rings is 2. The van der Waals surface area contributed by atoms with E-state index >= 15 is 0 Å². The number of hydrogen-bond donors (Lipinski definition) is 2. The van der Waals surface area contributed by atoms with Gasteiger partial charge >= 0.3 is 6.03 Å². The van der Waals surface area contributed by atoms with Gasteiger partial charge in [0.1, 0.15) is 12.1 Å². The van der Waals surface area contributed by atoms with Gasteiger partial charge in [-0.15, -0.1) is 0 Å². The summed E-state index contributed by atoms with van der Waals surface area (Å²) in [7, 11) is 0. The minimum Gasteiger partial charge on any atom is -0.339 e. The number of carbonyl (C=O) groups is 4. The van der Waals surface area contributed by atoms with Gasteiger partial charge in [-0.2, -0.15) is 0 Å². The van der Waals surface area contributed by atoms with Crippen molar-refractivity contribution in [1.29, 1.82) is 0 Å². The fourth-order valence-corrected chi connectivity index (χ4v) is 4.06. The number of imide groups is 1. The van der Waals surface area contributed by atoms with Crippen molar-refractivity contribution in [2.75, 3.05) is 25.0 Å². The molecule has 2 aromatic rings. The molecular formula is C26H32N4O4. The summed E-state index contributed by atoms with van der Waals surface area (Å²) in [4.78, 5) is 53.3. The first-order valence-electron chi connectivity index (χ1n) is 11.7. The zero-order valence-corrected chi connectivity index (χ0v) is 20.2. The Morgan fingerprint density at radius 1 is 0.971 bits per heavy atom. The molecule has 180 valence electrons. The summed E-state index contributed by atoms with van der Waals surface area (Å²) in [5.74, 6) is -1.06.